The maximum atomic E-state index is 13.1. The second-order valence-electron chi connectivity index (χ2n) is 4.05. The molecule has 0 bridgehead atoms. The summed E-state index contributed by atoms with van der Waals surface area (Å²) >= 11 is 0. The molecule has 0 aliphatic rings. The molecule has 3 heteroatoms. The number of benzene rings is 1. The number of aryl methyl sites for hydroxylation is 1. The third-order valence-electron chi connectivity index (χ3n) is 2.53. The number of anilines is 1. The average Bonchev–Trinajstić information content (AvgIpc) is 2.29. The van der Waals surface area contributed by atoms with Gasteiger partial charge in [-0.3, -0.25) is 4.98 Å². The van der Waals surface area contributed by atoms with Crippen LogP contribution in [0.3, 0.4) is 0 Å². The molecular formula is C14H15FN2. The second-order valence-corrected chi connectivity index (χ2v) is 4.05. The summed E-state index contributed by atoms with van der Waals surface area (Å²) in [6.07, 6.45) is 4.46. The number of rotatable bonds is 4. The van der Waals surface area contributed by atoms with Gasteiger partial charge in [-0.05, 0) is 54.8 Å². The number of aromatic nitrogens is 1. The van der Waals surface area contributed by atoms with Crippen LogP contribution in [0.15, 0.2) is 42.7 Å². The zero-order valence-electron chi connectivity index (χ0n) is 9.78. The lowest BCUT2D eigenvalue weighted by molar-refractivity contribution is 0.627. The molecule has 1 N–H and O–H groups in total. The van der Waals surface area contributed by atoms with Crippen LogP contribution in [0.2, 0.25) is 0 Å². The summed E-state index contributed by atoms with van der Waals surface area (Å²) in [6, 6.07) is 8.94. The molecule has 0 radical (unpaired) electrons. The molecule has 2 aromatic rings. The summed E-state index contributed by atoms with van der Waals surface area (Å²) in [5.74, 6) is -0.198. The van der Waals surface area contributed by atoms with Crippen molar-refractivity contribution in [3.05, 3.63) is 59.7 Å². The Morgan fingerprint density at radius 3 is 2.65 bits per heavy atom. The number of halogens is 1. The fraction of sp³-hybridized carbons (Fsp3) is 0.214. The second kappa shape index (κ2) is 5.43. The van der Waals surface area contributed by atoms with Gasteiger partial charge in [0, 0.05) is 24.6 Å². The zero-order chi connectivity index (χ0) is 12.1. The standard InChI is InChI=1S/C14H15FN2/c1-11-8-13(15)10-14(9-11)17-7-4-12-2-5-16-6-3-12/h2-3,5-6,8-10,17H,4,7H2,1H3. The van der Waals surface area contributed by atoms with Gasteiger partial charge in [-0.2, -0.15) is 0 Å². The third kappa shape index (κ3) is 3.55. The van der Waals surface area contributed by atoms with Gasteiger partial charge in [-0.25, -0.2) is 4.39 Å². The normalized spacial score (nSPS) is 10.2. The number of nitrogens with one attached hydrogen (secondary N) is 1. The highest BCUT2D eigenvalue weighted by molar-refractivity contribution is 5.46. The van der Waals surface area contributed by atoms with E-state index >= 15 is 0 Å². The lowest BCUT2D eigenvalue weighted by atomic mass is 10.2. The summed E-state index contributed by atoms with van der Waals surface area (Å²) in [6.45, 7) is 2.67. The Labute approximate surface area is 101 Å². The van der Waals surface area contributed by atoms with Crippen molar-refractivity contribution in [2.45, 2.75) is 13.3 Å². The maximum absolute atomic E-state index is 13.1. The van der Waals surface area contributed by atoms with Crippen LogP contribution in [0, 0.1) is 12.7 Å². The van der Waals surface area contributed by atoms with E-state index in [0.717, 1.165) is 24.2 Å². The summed E-state index contributed by atoms with van der Waals surface area (Å²) < 4.78 is 13.1. The van der Waals surface area contributed by atoms with Gasteiger partial charge in [-0.15, -0.1) is 0 Å². The largest absolute Gasteiger partial charge is 0.385 e. The number of hydrogen-bond donors (Lipinski definition) is 1. The highest BCUT2D eigenvalue weighted by Crippen LogP contribution is 2.13. The quantitative estimate of drug-likeness (QED) is 0.872. The Bertz CT molecular complexity index is 463. The van der Waals surface area contributed by atoms with E-state index in [0.29, 0.717) is 0 Å². The lowest BCUT2D eigenvalue weighted by Crippen LogP contribution is -2.05. The van der Waals surface area contributed by atoms with Crippen LogP contribution in [0.4, 0.5) is 10.1 Å². The predicted molar refractivity (Wildman–Crippen MR) is 67.6 cm³/mol. The molecule has 2 rings (SSSR count). The van der Waals surface area contributed by atoms with Crippen LogP contribution in [-0.4, -0.2) is 11.5 Å². The van der Waals surface area contributed by atoms with E-state index in [1.165, 1.54) is 17.7 Å². The maximum Gasteiger partial charge on any atom is 0.125 e. The Morgan fingerprint density at radius 2 is 1.94 bits per heavy atom. The van der Waals surface area contributed by atoms with Gasteiger partial charge in [-0.1, -0.05) is 0 Å². The van der Waals surface area contributed by atoms with Crippen molar-refractivity contribution in [3.63, 3.8) is 0 Å². The highest BCUT2D eigenvalue weighted by atomic mass is 19.1. The molecule has 0 aliphatic heterocycles. The van der Waals surface area contributed by atoms with Crippen molar-refractivity contribution in [2.24, 2.45) is 0 Å². The summed E-state index contributed by atoms with van der Waals surface area (Å²) in [4.78, 5) is 3.96. The minimum atomic E-state index is -0.198. The van der Waals surface area contributed by atoms with Crippen LogP contribution in [-0.2, 0) is 6.42 Å². The minimum absolute atomic E-state index is 0.198. The van der Waals surface area contributed by atoms with E-state index in [4.69, 9.17) is 0 Å². The van der Waals surface area contributed by atoms with E-state index in [2.05, 4.69) is 10.3 Å². The van der Waals surface area contributed by atoms with E-state index < -0.39 is 0 Å². The first-order valence-electron chi connectivity index (χ1n) is 5.64. The molecule has 1 aromatic heterocycles. The first-order chi connectivity index (χ1) is 8.24. The molecule has 0 fully saturated rings. The van der Waals surface area contributed by atoms with Gasteiger partial charge >= 0.3 is 0 Å². The van der Waals surface area contributed by atoms with Crippen molar-refractivity contribution < 1.29 is 4.39 Å². The minimum Gasteiger partial charge on any atom is -0.385 e. The SMILES string of the molecule is Cc1cc(F)cc(NCCc2ccncc2)c1. The fourth-order valence-electron chi connectivity index (χ4n) is 1.74. The predicted octanol–water partition coefficient (Wildman–Crippen LogP) is 3.18. The Hall–Kier alpha value is -1.90. The van der Waals surface area contributed by atoms with E-state index in [-0.39, 0.29) is 5.82 Å². The van der Waals surface area contributed by atoms with Gasteiger partial charge in [0.1, 0.15) is 5.82 Å². The molecule has 0 saturated heterocycles. The molecule has 1 heterocycles. The molecule has 0 aliphatic carbocycles. The van der Waals surface area contributed by atoms with Crippen molar-refractivity contribution in [2.75, 3.05) is 11.9 Å². The smallest absolute Gasteiger partial charge is 0.125 e. The molecule has 0 amide bonds. The molecule has 1 aromatic carbocycles. The van der Waals surface area contributed by atoms with Crippen molar-refractivity contribution in [1.82, 2.24) is 4.98 Å². The van der Waals surface area contributed by atoms with Crippen molar-refractivity contribution in [3.8, 4) is 0 Å². The first-order valence-corrected chi connectivity index (χ1v) is 5.64. The van der Waals surface area contributed by atoms with Crippen LogP contribution in [0.1, 0.15) is 11.1 Å². The average molecular weight is 230 g/mol. The Balaban J connectivity index is 1.90. The topological polar surface area (TPSA) is 24.9 Å². The summed E-state index contributed by atoms with van der Waals surface area (Å²) in [5.41, 5.74) is 2.98. The number of nitrogens with zero attached hydrogens (tertiary/aromatic N) is 1. The first kappa shape index (κ1) is 11.6. The Kier molecular flexibility index (Phi) is 3.70. The molecule has 0 atom stereocenters. The molecule has 0 unspecified atom stereocenters. The van der Waals surface area contributed by atoms with Gasteiger partial charge in [0.2, 0.25) is 0 Å². The van der Waals surface area contributed by atoms with Crippen molar-refractivity contribution >= 4 is 5.69 Å². The van der Waals surface area contributed by atoms with E-state index in [1.807, 2.05) is 25.1 Å². The monoisotopic (exact) mass is 230 g/mol. The number of hydrogen-bond acceptors (Lipinski definition) is 2. The molecule has 0 saturated carbocycles. The van der Waals surface area contributed by atoms with Gasteiger partial charge in [0.05, 0.1) is 0 Å². The van der Waals surface area contributed by atoms with E-state index in [9.17, 15) is 4.39 Å². The molecule has 88 valence electrons. The third-order valence-corrected chi connectivity index (χ3v) is 2.53. The van der Waals surface area contributed by atoms with Gasteiger partial charge in [0.25, 0.3) is 0 Å². The molecule has 2 nitrogen and oxygen atoms in total. The van der Waals surface area contributed by atoms with Crippen molar-refractivity contribution in [1.29, 1.82) is 0 Å². The van der Waals surface area contributed by atoms with Crippen LogP contribution in [0.25, 0.3) is 0 Å². The van der Waals surface area contributed by atoms with Gasteiger partial charge in [0.15, 0.2) is 0 Å². The summed E-state index contributed by atoms with van der Waals surface area (Å²) in [7, 11) is 0. The molecular weight excluding hydrogens is 215 g/mol. The molecule has 17 heavy (non-hydrogen) atoms. The lowest BCUT2D eigenvalue weighted by Gasteiger charge is -2.07. The Morgan fingerprint density at radius 1 is 1.18 bits per heavy atom. The highest BCUT2D eigenvalue weighted by Gasteiger charge is 1.97. The van der Waals surface area contributed by atoms with Crippen LogP contribution in [0.5, 0.6) is 0 Å². The van der Waals surface area contributed by atoms with E-state index in [1.54, 1.807) is 12.4 Å². The zero-order valence-corrected chi connectivity index (χ0v) is 9.78. The summed E-state index contributed by atoms with van der Waals surface area (Å²) in [5, 5.41) is 3.21. The fourth-order valence-corrected chi connectivity index (χ4v) is 1.74. The van der Waals surface area contributed by atoms with Gasteiger partial charge < -0.3 is 5.32 Å². The van der Waals surface area contributed by atoms with Crippen LogP contribution < -0.4 is 5.32 Å². The number of pyridine rings is 1. The molecule has 0 spiro atoms. The van der Waals surface area contributed by atoms with Crippen LogP contribution >= 0.6 is 0 Å².